The number of hydrogen-bond acceptors (Lipinski definition) is 4. The van der Waals surface area contributed by atoms with Gasteiger partial charge in [-0.2, -0.15) is 0 Å². The minimum absolute atomic E-state index is 0.381. The van der Waals surface area contributed by atoms with E-state index in [0.717, 1.165) is 26.4 Å². The Bertz CT molecular complexity index is 443. The standard InChI is InChI=1S/C10H8F2O4/c1-15-9(13)5-3-4-6(11)8(12)7(5)10(14)16-2/h3-4H,1-2H3. The maximum Gasteiger partial charge on any atom is 0.341 e. The van der Waals surface area contributed by atoms with Gasteiger partial charge in [-0.25, -0.2) is 18.4 Å². The maximum atomic E-state index is 13.3. The second-order valence-corrected chi connectivity index (χ2v) is 2.77. The molecule has 86 valence electrons. The van der Waals surface area contributed by atoms with Gasteiger partial charge < -0.3 is 9.47 Å². The maximum absolute atomic E-state index is 13.3. The van der Waals surface area contributed by atoms with Crippen LogP contribution in [0.5, 0.6) is 0 Å². The number of hydrogen-bond donors (Lipinski definition) is 0. The zero-order valence-electron chi connectivity index (χ0n) is 8.54. The van der Waals surface area contributed by atoms with Crippen molar-refractivity contribution in [3.8, 4) is 0 Å². The fourth-order valence-electron chi connectivity index (χ4n) is 1.13. The molecule has 0 aliphatic rings. The average Bonchev–Trinajstić information content (AvgIpc) is 2.30. The first kappa shape index (κ1) is 12.1. The molecule has 0 aliphatic heterocycles. The summed E-state index contributed by atoms with van der Waals surface area (Å²) in [5.41, 5.74) is -1.15. The van der Waals surface area contributed by atoms with Gasteiger partial charge in [0.05, 0.1) is 19.8 Å². The Hall–Kier alpha value is -1.98. The molecule has 0 saturated carbocycles. The Labute approximate surface area is 89.8 Å². The van der Waals surface area contributed by atoms with Gasteiger partial charge in [-0.05, 0) is 12.1 Å². The molecule has 1 aromatic carbocycles. The summed E-state index contributed by atoms with van der Waals surface area (Å²) < 4.78 is 34.8. The summed E-state index contributed by atoms with van der Waals surface area (Å²) in [5.74, 6) is -4.76. The number of carbonyl (C=O) groups excluding carboxylic acids is 2. The first-order valence-corrected chi connectivity index (χ1v) is 4.17. The normalized spacial score (nSPS) is 9.75. The van der Waals surface area contributed by atoms with Crippen molar-refractivity contribution in [1.82, 2.24) is 0 Å². The molecule has 6 heteroatoms. The molecule has 1 rings (SSSR count). The highest BCUT2D eigenvalue weighted by Crippen LogP contribution is 2.18. The number of carbonyl (C=O) groups is 2. The molecule has 16 heavy (non-hydrogen) atoms. The van der Waals surface area contributed by atoms with E-state index in [-0.39, 0.29) is 5.56 Å². The highest BCUT2D eigenvalue weighted by molar-refractivity contribution is 6.03. The third-order valence-electron chi connectivity index (χ3n) is 1.89. The zero-order chi connectivity index (χ0) is 12.3. The van der Waals surface area contributed by atoms with Gasteiger partial charge in [-0.3, -0.25) is 0 Å². The summed E-state index contributed by atoms with van der Waals surface area (Å²) in [6.45, 7) is 0. The number of rotatable bonds is 2. The highest BCUT2D eigenvalue weighted by atomic mass is 19.2. The molecule has 0 bridgehead atoms. The fourth-order valence-corrected chi connectivity index (χ4v) is 1.13. The molecule has 0 radical (unpaired) electrons. The average molecular weight is 230 g/mol. The molecule has 0 aliphatic carbocycles. The van der Waals surface area contributed by atoms with Crippen LogP contribution < -0.4 is 0 Å². The number of methoxy groups -OCH3 is 2. The third kappa shape index (κ3) is 2.00. The van der Waals surface area contributed by atoms with E-state index in [1.165, 1.54) is 0 Å². The van der Waals surface area contributed by atoms with Gasteiger partial charge >= 0.3 is 11.9 Å². The van der Waals surface area contributed by atoms with Crippen molar-refractivity contribution >= 4 is 11.9 Å². The van der Waals surface area contributed by atoms with Gasteiger partial charge in [0.25, 0.3) is 0 Å². The van der Waals surface area contributed by atoms with Crippen LogP contribution in [0.4, 0.5) is 8.78 Å². The van der Waals surface area contributed by atoms with E-state index < -0.39 is 29.1 Å². The minimum Gasteiger partial charge on any atom is -0.465 e. The summed E-state index contributed by atoms with van der Waals surface area (Å²) in [4.78, 5) is 22.4. The first-order valence-electron chi connectivity index (χ1n) is 4.17. The first-order chi connectivity index (χ1) is 7.52. The molecule has 0 aromatic heterocycles. The smallest absolute Gasteiger partial charge is 0.341 e. The van der Waals surface area contributed by atoms with Gasteiger partial charge in [0.15, 0.2) is 11.6 Å². The van der Waals surface area contributed by atoms with Crippen LogP contribution >= 0.6 is 0 Å². The van der Waals surface area contributed by atoms with Crippen LogP contribution in [0.3, 0.4) is 0 Å². The Kier molecular flexibility index (Phi) is 3.55. The topological polar surface area (TPSA) is 52.6 Å². The van der Waals surface area contributed by atoms with Crippen molar-refractivity contribution in [2.24, 2.45) is 0 Å². The summed E-state index contributed by atoms with van der Waals surface area (Å²) >= 11 is 0. The summed E-state index contributed by atoms with van der Waals surface area (Å²) in [5, 5.41) is 0. The van der Waals surface area contributed by atoms with Crippen molar-refractivity contribution < 1.29 is 27.8 Å². The second kappa shape index (κ2) is 4.69. The van der Waals surface area contributed by atoms with Crippen LogP contribution in [0, 0.1) is 11.6 Å². The second-order valence-electron chi connectivity index (χ2n) is 2.77. The van der Waals surface area contributed by atoms with E-state index >= 15 is 0 Å². The molecule has 4 nitrogen and oxygen atoms in total. The molecule has 0 amide bonds. The Balaban J connectivity index is 3.44. The van der Waals surface area contributed by atoms with Crippen LogP contribution in [-0.2, 0) is 9.47 Å². The third-order valence-corrected chi connectivity index (χ3v) is 1.89. The molecule has 1 aromatic rings. The fraction of sp³-hybridized carbons (Fsp3) is 0.200. The van der Waals surface area contributed by atoms with Gasteiger partial charge in [0.1, 0.15) is 5.56 Å². The van der Waals surface area contributed by atoms with Gasteiger partial charge in [-0.15, -0.1) is 0 Å². The van der Waals surface area contributed by atoms with Crippen molar-refractivity contribution in [2.75, 3.05) is 14.2 Å². The largest absolute Gasteiger partial charge is 0.465 e. The van der Waals surface area contributed by atoms with E-state index in [1.54, 1.807) is 0 Å². The van der Waals surface area contributed by atoms with E-state index in [4.69, 9.17) is 0 Å². The monoisotopic (exact) mass is 230 g/mol. The zero-order valence-corrected chi connectivity index (χ0v) is 8.54. The van der Waals surface area contributed by atoms with E-state index in [9.17, 15) is 18.4 Å². The molecule has 0 N–H and O–H groups in total. The molecule has 0 fully saturated rings. The number of esters is 2. The summed E-state index contributed by atoms with van der Waals surface area (Å²) in [6, 6.07) is 1.69. The molecular formula is C10H8F2O4. The Morgan fingerprint density at radius 2 is 1.62 bits per heavy atom. The molecule has 0 spiro atoms. The lowest BCUT2D eigenvalue weighted by Crippen LogP contribution is -2.15. The van der Waals surface area contributed by atoms with Gasteiger partial charge in [0.2, 0.25) is 0 Å². The highest BCUT2D eigenvalue weighted by Gasteiger charge is 2.25. The van der Waals surface area contributed by atoms with Gasteiger partial charge in [0, 0.05) is 0 Å². The van der Waals surface area contributed by atoms with Crippen molar-refractivity contribution in [1.29, 1.82) is 0 Å². The van der Waals surface area contributed by atoms with Gasteiger partial charge in [-0.1, -0.05) is 0 Å². The molecular weight excluding hydrogens is 222 g/mol. The number of benzene rings is 1. The number of ether oxygens (including phenoxy) is 2. The SMILES string of the molecule is COC(=O)c1ccc(F)c(F)c1C(=O)OC. The Morgan fingerprint density at radius 3 is 2.12 bits per heavy atom. The predicted molar refractivity (Wildman–Crippen MR) is 49.0 cm³/mol. The lowest BCUT2D eigenvalue weighted by atomic mass is 10.1. The van der Waals surface area contributed by atoms with Crippen molar-refractivity contribution in [2.45, 2.75) is 0 Å². The molecule has 0 atom stereocenters. The van der Waals surface area contributed by atoms with Crippen molar-refractivity contribution in [3.63, 3.8) is 0 Å². The lowest BCUT2D eigenvalue weighted by molar-refractivity contribution is 0.0549. The minimum atomic E-state index is -1.44. The van der Waals surface area contributed by atoms with Crippen LogP contribution in [0.2, 0.25) is 0 Å². The lowest BCUT2D eigenvalue weighted by Gasteiger charge is -2.07. The van der Waals surface area contributed by atoms with Crippen LogP contribution in [-0.4, -0.2) is 26.2 Å². The number of halogens is 2. The molecule has 0 heterocycles. The van der Waals surface area contributed by atoms with E-state index in [1.807, 2.05) is 0 Å². The predicted octanol–water partition coefficient (Wildman–Crippen LogP) is 1.54. The van der Waals surface area contributed by atoms with Crippen LogP contribution in [0.25, 0.3) is 0 Å². The summed E-state index contributed by atoms with van der Waals surface area (Å²) in [7, 11) is 2.05. The van der Waals surface area contributed by atoms with E-state index in [0.29, 0.717) is 0 Å². The quantitative estimate of drug-likeness (QED) is 0.723. The van der Waals surface area contributed by atoms with Crippen molar-refractivity contribution in [3.05, 3.63) is 34.9 Å². The van der Waals surface area contributed by atoms with Crippen LogP contribution in [0.1, 0.15) is 20.7 Å². The Morgan fingerprint density at radius 1 is 1.06 bits per heavy atom. The molecule has 0 saturated heterocycles. The van der Waals surface area contributed by atoms with Crippen LogP contribution in [0.15, 0.2) is 12.1 Å². The summed E-state index contributed by atoms with van der Waals surface area (Å²) in [6.07, 6.45) is 0. The van der Waals surface area contributed by atoms with E-state index in [2.05, 4.69) is 9.47 Å². The molecule has 0 unspecified atom stereocenters.